The number of ether oxygens (including phenoxy) is 1. The van der Waals surface area contributed by atoms with Gasteiger partial charge in [-0.1, -0.05) is 38.3 Å². The SMILES string of the molecule is CCC1CCCC(C(N)CCOc2cccc(C)c2)C1. The average molecular weight is 275 g/mol. The van der Waals surface area contributed by atoms with Gasteiger partial charge in [0.05, 0.1) is 6.61 Å². The summed E-state index contributed by atoms with van der Waals surface area (Å²) < 4.78 is 5.82. The second-order valence-electron chi connectivity index (χ2n) is 6.32. The number of hydrogen-bond donors (Lipinski definition) is 1. The van der Waals surface area contributed by atoms with Crippen molar-refractivity contribution in [1.82, 2.24) is 0 Å². The van der Waals surface area contributed by atoms with Crippen LogP contribution in [0.4, 0.5) is 0 Å². The number of nitrogens with two attached hydrogens (primary N) is 1. The molecular formula is C18H29NO. The third-order valence-corrected chi connectivity index (χ3v) is 4.72. The fourth-order valence-electron chi connectivity index (χ4n) is 3.35. The van der Waals surface area contributed by atoms with Gasteiger partial charge in [0.15, 0.2) is 0 Å². The van der Waals surface area contributed by atoms with Crippen LogP contribution in [-0.4, -0.2) is 12.6 Å². The topological polar surface area (TPSA) is 35.2 Å². The molecule has 2 nitrogen and oxygen atoms in total. The summed E-state index contributed by atoms with van der Waals surface area (Å²) in [5, 5.41) is 0. The molecule has 0 aliphatic heterocycles. The predicted octanol–water partition coefficient (Wildman–Crippen LogP) is 4.31. The molecule has 1 aliphatic rings. The van der Waals surface area contributed by atoms with Gasteiger partial charge in [0.1, 0.15) is 5.75 Å². The molecule has 0 amide bonds. The Morgan fingerprint density at radius 3 is 2.95 bits per heavy atom. The highest BCUT2D eigenvalue weighted by Crippen LogP contribution is 2.33. The van der Waals surface area contributed by atoms with Crippen LogP contribution in [0.15, 0.2) is 24.3 Å². The Morgan fingerprint density at radius 2 is 2.20 bits per heavy atom. The van der Waals surface area contributed by atoms with Crippen molar-refractivity contribution in [1.29, 1.82) is 0 Å². The fourth-order valence-corrected chi connectivity index (χ4v) is 3.35. The molecule has 0 spiro atoms. The van der Waals surface area contributed by atoms with Crippen LogP contribution in [0, 0.1) is 18.8 Å². The first kappa shape index (κ1) is 15.4. The van der Waals surface area contributed by atoms with Crippen LogP contribution in [0.5, 0.6) is 5.75 Å². The Labute approximate surface area is 123 Å². The van der Waals surface area contributed by atoms with Crippen LogP contribution < -0.4 is 10.5 Å². The third-order valence-electron chi connectivity index (χ3n) is 4.72. The standard InChI is InChI=1S/C18H29NO/c1-3-15-7-5-8-16(13-15)18(19)10-11-20-17-9-4-6-14(2)12-17/h4,6,9,12,15-16,18H,3,5,7-8,10-11,13,19H2,1-2H3. The molecular weight excluding hydrogens is 246 g/mol. The van der Waals surface area contributed by atoms with E-state index >= 15 is 0 Å². The Balaban J connectivity index is 1.73. The summed E-state index contributed by atoms with van der Waals surface area (Å²) in [6.07, 6.45) is 7.66. The van der Waals surface area contributed by atoms with Gasteiger partial charge >= 0.3 is 0 Å². The Morgan fingerprint density at radius 1 is 1.35 bits per heavy atom. The van der Waals surface area contributed by atoms with Crippen molar-refractivity contribution in [2.45, 2.75) is 58.4 Å². The molecule has 20 heavy (non-hydrogen) atoms. The van der Waals surface area contributed by atoms with Gasteiger partial charge in [0.2, 0.25) is 0 Å². The summed E-state index contributed by atoms with van der Waals surface area (Å²) in [6.45, 7) is 5.13. The Hall–Kier alpha value is -1.02. The molecule has 0 saturated heterocycles. The van der Waals surface area contributed by atoms with E-state index in [1.165, 1.54) is 37.7 Å². The maximum absolute atomic E-state index is 6.38. The normalized spacial score (nSPS) is 24.4. The summed E-state index contributed by atoms with van der Waals surface area (Å²) in [7, 11) is 0. The summed E-state index contributed by atoms with van der Waals surface area (Å²) in [5.41, 5.74) is 7.62. The molecule has 1 aliphatic carbocycles. The van der Waals surface area contributed by atoms with E-state index in [4.69, 9.17) is 10.5 Å². The smallest absolute Gasteiger partial charge is 0.119 e. The van der Waals surface area contributed by atoms with Gasteiger partial charge in [0, 0.05) is 6.04 Å². The van der Waals surface area contributed by atoms with Gasteiger partial charge in [-0.2, -0.15) is 0 Å². The minimum absolute atomic E-state index is 0.300. The minimum atomic E-state index is 0.300. The van der Waals surface area contributed by atoms with Crippen molar-refractivity contribution in [3.05, 3.63) is 29.8 Å². The highest BCUT2D eigenvalue weighted by Gasteiger charge is 2.25. The predicted molar refractivity (Wildman–Crippen MR) is 85.0 cm³/mol. The zero-order chi connectivity index (χ0) is 14.4. The van der Waals surface area contributed by atoms with Gasteiger partial charge in [-0.3, -0.25) is 0 Å². The van der Waals surface area contributed by atoms with Crippen LogP contribution in [0.3, 0.4) is 0 Å². The van der Waals surface area contributed by atoms with Crippen molar-refractivity contribution >= 4 is 0 Å². The maximum atomic E-state index is 6.38. The van der Waals surface area contributed by atoms with Gasteiger partial charge in [-0.15, -0.1) is 0 Å². The first-order chi connectivity index (χ1) is 9.69. The molecule has 1 aromatic rings. The van der Waals surface area contributed by atoms with Crippen molar-refractivity contribution in [2.24, 2.45) is 17.6 Å². The van der Waals surface area contributed by atoms with Crippen molar-refractivity contribution in [2.75, 3.05) is 6.61 Å². The lowest BCUT2D eigenvalue weighted by Gasteiger charge is -2.32. The molecule has 0 heterocycles. The molecule has 0 radical (unpaired) electrons. The molecule has 112 valence electrons. The molecule has 2 N–H and O–H groups in total. The molecule has 3 atom stereocenters. The molecule has 1 aromatic carbocycles. The summed E-state index contributed by atoms with van der Waals surface area (Å²) in [4.78, 5) is 0. The lowest BCUT2D eigenvalue weighted by molar-refractivity contribution is 0.203. The quantitative estimate of drug-likeness (QED) is 0.839. The van der Waals surface area contributed by atoms with E-state index in [9.17, 15) is 0 Å². The monoisotopic (exact) mass is 275 g/mol. The van der Waals surface area contributed by atoms with Crippen LogP contribution in [0.25, 0.3) is 0 Å². The highest BCUT2D eigenvalue weighted by molar-refractivity contribution is 5.27. The fraction of sp³-hybridized carbons (Fsp3) is 0.667. The molecule has 1 saturated carbocycles. The molecule has 2 rings (SSSR count). The van der Waals surface area contributed by atoms with E-state index in [1.54, 1.807) is 0 Å². The van der Waals surface area contributed by atoms with Crippen molar-refractivity contribution in [3.8, 4) is 5.75 Å². The minimum Gasteiger partial charge on any atom is -0.494 e. The van der Waals surface area contributed by atoms with Gasteiger partial charge in [-0.05, 0) is 55.7 Å². The molecule has 2 heteroatoms. The van der Waals surface area contributed by atoms with E-state index in [2.05, 4.69) is 26.0 Å². The molecule has 3 unspecified atom stereocenters. The van der Waals surface area contributed by atoms with Gasteiger partial charge in [-0.25, -0.2) is 0 Å². The Kier molecular flexibility index (Phi) is 5.90. The summed E-state index contributed by atoms with van der Waals surface area (Å²) in [6, 6.07) is 8.53. The largest absolute Gasteiger partial charge is 0.494 e. The number of benzene rings is 1. The zero-order valence-corrected chi connectivity index (χ0v) is 13.0. The lowest BCUT2D eigenvalue weighted by Crippen LogP contribution is -2.35. The van der Waals surface area contributed by atoms with E-state index in [-0.39, 0.29) is 0 Å². The van der Waals surface area contributed by atoms with Crippen LogP contribution in [0.1, 0.15) is 51.0 Å². The second kappa shape index (κ2) is 7.68. The lowest BCUT2D eigenvalue weighted by atomic mass is 9.76. The van der Waals surface area contributed by atoms with Crippen molar-refractivity contribution in [3.63, 3.8) is 0 Å². The van der Waals surface area contributed by atoms with Crippen LogP contribution in [0.2, 0.25) is 0 Å². The van der Waals surface area contributed by atoms with Crippen LogP contribution >= 0.6 is 0 Å². The summed E-state index contributed by atoms with van der Waals surface area (Å²) in [5.74, 6) is 2.57. The van der Waals surface area contributed by atoms with E-state index in [0.717, 1.165) is 24.7 Å². The second-order valence-corrected chi connectivity index (χ2v) is 6.32. The maximum Gasteiger partial charge on any atom is 0.119 e. The van der Waals surface area contributed by atoms with Crippen LogP contribution in [-0.2, 0) is 0 Å². The Bertz CT molecular complexity index is 404. The number of aryl methyl sites for hydroxylation is 1. The average Bonchev–Trinajstić information content (AvgIpc) is 2.47. The van der Waals surface area contributed by atoms with E-state index in [0.29, 0.717) is 12.0 Å². The summed E-state index contributed by atoms with van der Waals surface area (Å²) >= 11 is 0. The first-order valence-corrected chi connectivity index (χ1v) is 8.14. The van der Waals surface area contributed by atoms with E-state index in [1.807, 2.05) is 12.1 Å². The molecule has 0 bridgehead atoms. The zero-order valence-electron chi connectivity index (χ0n) is 13.0. The molecule has 0 aromatic heterocycles. The van der Waals surface area contributed by atoms with E-state index < -0.39 is 0 Å². The number of rotatable bonds is 6. The number of hydrogen-bond acceptors (Lipinski definition) is 2. The van der Waals surface area contributed by atoms with Crippen molar-refractivity contribution < 1.29 is 4.74 Å². The third kappa shape index (κ3) is 4.52. The van der Waals surface area contributed by atoms with Gasteiger partial charge < -0.3 is 10.5 Å². The highest BCUT2D eigenvalue weighted by atomic mass is 16.5. The van der Waals surface area contributed by atoms with Gasteiger partial charge in [0.25, 0.3) is 0 Å². The molecule has 1 fully saturated rings. The first-order valence-electron chi connectivity index (χ1n) is 8.14.